The largest absolute Gasteiger partial charge is 0.489 e. The van der Waals surface area contributed by atoms with E-state index in [1.165, 1.54) is 6.07 Å². The molecule has 1 heterocycles. The highest BCUT2D eigenvalue weighted by Gasteiger charge is 2.06. The summed E-state index contributed by atoms with van der Waals surface area (Å²) in [5, 5.41) is 5.26. The lowest BCUT2D eigenvalue weighted by atomic mass is 10.2. The number of anilines is 1. The molecule has 0 amide bonds. The van der Waals surface area contributed by atoms with Crippen molar-refractivity contribution >= 4 is 35.4 Å². The number of ether oxygens (including phenoxy) is 1. The minimum atomic E-state index is -0.213. The number of aromatic nitrogens is 2. The molecule has 29 heavy (non-hydrogen) atoms. The molecule has 0 unspecified atom stereocenters. The predicted octanol–water partition coefficient (Wildman–Crippen LogP) is 5.05. The Kier molecular flexibility index (Phi) is 7.27. The quantitative estimate of drug-likeness (QED) is 0.386. The smallest absolute Gasteiger partial charge is 0.252 e. The standard InChI is InChI=1S/C21H20Cl2N4O2/c1-2-5-15-11-20(28)26-21(25-15)27-24-12-14-6-3-7-16(10-14)29-13-17-18(22)8-4-9-19(17)23/h3-4,6-12H,2,5,13H2,1H3,(H2,25,26,27,28)/b24-12+. The lowest BCUT2D eigenvalue weighted by Gasteiger charge is -2.09. The topological polar surface area (TPSA) is 79.4 Å². The van der Waals surface area contributed by atoms with Crippen LogP contribution in [-0.4, -0.2) is 16.2 Å². The maximum absolute atomic E-state index is 11.7. The summed E-state index contributed by atoms with van der Waals surface area (Å²) in [7, 11) is 0. The van der Waals surface area contributed by atoms with Crippen molar-refractivity contribution < 1.29 is 4.74 Å². The van der Waals surface area contributed by atoms with Gasteiger partial charge < -0.3 is 4.74 Å². The molecule has 0 aliphatic heterocycles. The van der Waals surface area contributed by atoms with Gasteiger partial charge in [0, 0.05) is 27.4 Å². The Morgan fingerprint density at radius 2 is 1.93 bits per heavy atom. The van der Waals surface area contributed by atoms with Crippen LogP contribution in [0.15, 0.2) is 58.4 Å². The summed E-state index contributed by atoms with van der Waals surface area (Å²) in [4.78, 5) is 18.6. The Morgan fingerprint density at radius 3 is 2.69 bits per heavy atom. The second-order valence-electron chi connectivity index (χ2n) is 6.27. The average molecular weight is 431 g/mol. The molecule has 3 aromatic rings. The number of aromatic amines is 1. The molecule has 0 saturated heterocycles. The van der Waals surface area contributed by atoms with Gasteiger partial charge in [-0.15, -0.1) is 0 Å². The summed E-state index contributed by atoms with van der Waals surface area (Å²) < 4.78 is 5.81. The summed E-state index contributed by atoms with van der Waals surface area (Å²) in [6, 6.07) is 14.2. The summed E-state index contributed by atoms with van der Waals surface area (Å²) in [6.07, 6.45) is 3.25. The predicted molar refractivity (Wildman–Crippen MR) is 117 cm³/mol. The molecular formula is C21H20Cl2N4O2. The van der Waals surface area contributed by atoms with Crippen LogP contribution in [0.2, 0.25) is 10.0 Å². The molecule has 6 nitrogen and oxygen atoms in total. The molecule has 0 bridgehead atoms. The normalized spacial score (nSPS) is 11.0. The van der Waals surface area contributed by atoms with Crippen molar-refractivity contribution in [1.29, 1.82) is 0 Å². The number of hydrogen-bond acceptors (Lipinski definition) is 5. The van der Waals surface area contributed by atoms with E-state index in [1.54, 1.807) is 24.4 Å². The molecule has 0 aliphatic carbocycles. The van der Waals surface area contributed by atoms with Gasteiger partial charge in [0.2, 0.25) is 5.95 Å². The van der Waals surface area contributed by atoms with E-state index in [2.05, 4.69) is 20.5 Å². The number of hydrazone groups is 1. The second kappa shape index (κ2) is 10.1. The van der Waals surface area contributed by atoms with Gasteiger partial charge in [-0.05, 0) is 36.2 Å². The first-order chi connectivity index (χ1) is 14.0. The minimum Gasteiger partial charge on any atom is -0.489 e. The van der Waals surface area contributed by atoms with Crippen LogP contribution in [0.1, 0.15) is 30.2 Å². The Balaban J connectivity index is 1.65. The summed E-state index contributed by atoms with van der Waals surface area (Å²) in [5.74, 6) is 0.958. The minimum absolute atomic E-state index is 0.213. The lowest BCUT2D eigenvalue weighted by Crippen LogP contribution is -2.11. The Labute approximate surface area is 178 Å². The number of rotatable bonds is 8. The highest BCUT2D eigenvalue weighted by Crippen LogP contribution is 2.26. The molecule has 2 N–H and O–H groups in total. The molecule has 0 aliphatic rings. The van der Waals surface area contributed by atoms with Crippen molar-refractivity contribution in [3.63, 3.8) is 0 Å². The SMILES string of the molecule is CCCc1cc(=O)[nH]c(N/N=C/c2cccc(OCc3c(Cl)cccc3Cl)c2)n1. The van der Waals surface area contributed by atoms with Crippen LogP contribution in [0.3, 0.4) is 0 Å². The van der Waals surface area contributed by atoms with Gasteiger partial charge in [-0.25, -0.2) is 10.4 Å². The number of nitrogens with one attached hydrogen (secondary N) is 2. The zero-order chi connectivity index (χ0) is 20.6. The third kappa shape index (κ3) is 6.07. The Morgan fingerprint density at radius 1 is 1.17 bits per heavy atom. The molecular weight excluding hydrogens is 411 g/mol. The fraction of sp³-hybridized carbons (Fsp3) is 0.190. The van der Waals surface area contributed by atoms with Crippen LogP contribution in [0.25, 0.3) is 0 Å². The Hall–Kier alpha value is -2.83. The summed E-state index contributed by atoms with van der Waals surface area (Å²) in [6.45, 7) is 2.29. The van der Waals surface area contributed by atoms with E-state index in [0.717, 1.165) is 29.7 Å². The first-order valence-corrected chi connectivity index (χ1v) is 9.86. The van der Waals surface area contributed by atoms with E-state index in [1.807, 2.05) is 31.2 Å². The van der Waals surface area contributed by atoms with Crippen molar-refractivity contribution in [3.05, 3.63) is 85.8 Å². The first-order valence-electron chi connectivity index (χ1n) is 9.10. The van der Waals surface area contributed by atoms with Crippen molar-refractivity contribution in [2.45, 2.75) is 26.4 Å². The zero-order valence-electron chi connectivity index (χ0n) is 15.8. The van der Waals surface area contributed by atoms with Gasteiger partial charge in [-0.3, -0.25) is 9.78 Å². The Bertz CT molecular complexity index is 1050. The van der Waals surface area contributed by atoms with Gasteiger partial charge in [0.25, 0.3) is 5.56 Å². The molecule has 8 heteroatoms. The van der Waals surface area contributed by atoms with Gasteiger partial charge in [0.15, 0.2) is 0 Å². The second-order valence-corrected chi connectivity index (χ2v) is 7.08. The third-order valence-corrected chi connectivity index (χ3v) is 4.70. The number of halogens is 2. The number of benzene rings is 2. The van der Waals surface area contributed by atoms with Crippen molar-refractivity contribution in [1.82, 2.24) is 9.97 Å². The molecule has 1 aromatic heterocycles. The van der Waals surface area contributed by atoms with Crippen molar-refractivity contribution in [2.24, 2.45) is 5.10 Å². The van der Waals surface area contributed by atoms with Crippen LogP contribution >= 0.6 is 23.2 Å². The van der Waals surface area contributed by atoms with Gasteiger partial charge in [0.1, 0.15) is 12.4 Å². The summed E-state index contributed by atoms with van der Waals surface area (Å²) in [5.41, 5.74) is 4.81. The van der Waals surface area contributed by atoms with Gasteiger partial charge >= 0.3 is 0 Å². The van der Waals surface area contributed by atoms with Crippen LogP contribution in [0, 0.1) is 0 Å². The van der Waals surface area contributed by atoms with Gasteiger partial charge in [-0.1, -0.05) is 54.7 Å². The average Bonchev–Trinajstić information content (AvgIpc) is 2.68. The van der Waals surface area contributed by atoms with E-state index in [0.29, 0.717) is 21.7 Å². The van der Waals surface area contributed by atoms with E-state index in [-0.39, 0.29) is 12.2 Å². The highest BCUT2D eigenvalue weighted by molar-refractivity contribution is 6.35. The molecule has 0 fully saturated rings. The van der Waals surface area contributed by atoms with E-state index in [9.17, 15) is 4.79 Å². The summed E-state index contributed by atoms with van der Waals surface area (Å²) >= 11 is 12.3. The highest BCUT2D eigenvalue weighted by atomic mass is 35.5. The van der Waals surface area contributed by atoms with Crippen molar-refractivity contribution in [3.8, 4) is 5.75 Å². The van der Waals surface area contributed by atoms with E-state index in [4.69, 9.17) is 27.9 Å². The fourth-order valence-corrected chi connectivity index (χ4v) is 3.13. The van der Waals surface area contributed by atoms with Crippen molar-refractivity contribution in [2.75, 3.05) is 5.43 Å². The lowest BCUT2D eigenvalue weighted by molar-refractivity contribution is 0.306. The van der Waals surface area contributed by atoms with E-state index >= 15 is 0 Å². The fourth-order valence-electron chi connectivity index (χ4n) is 2.62. The number of nitrogens with zero attached hydrogens (tertiary/aromatic N) is 2. The third-order valence-electron chi connectivity index (χ3n) is 3.99. The number of H-pyrrole nitrogens is 1. The molecule has 0 spiro atoms. The van der Waals surface area contributed by atoms with Crippen LogP contribution in [-0.2, 0) is 13.0 Å². The molecule has 150 valence electrons. The maximum Gasteiger partial charge on any atom is 0.252 e. The maximum atomic E-state index is 11.7. The van der Waals surface area contributed by atoms with E-state index < -0.39 is 0 Å². The van der Waals surface area contributed by atoms with Crippen LogP contribution in [0.5, 0.6) is 5.75 Å². The molecule has 0 saturated carbocycles. The molecule has 2 aromatic carbocycles. The molecule has 0 radical (unpaired) electrons. The zero-order valence-corrected chi connectivity index (χ0v) is 17.3. The first kappa shape index (κ1) is 20.9. The molecule has 0 atom stereocenters. The monoisotopic (exact) mass is 430 g/mol. The van der Waals surface area contributed by atoms with Crippen LogP contribution < -0.4 is 15.7 Å². The number of aryl methyl sites for hydroxylation is 1. The van der Waals surface area contributed by atoms with Crippen LogP contribution in [0.4, 0.5) is 5.95 Å². The number of hydrogen-bond donors (Lipinski definition) is 2. The molecule has 3 rings (SSSR count). The van der Waals surface area contributed by atoms with Gasteiger partial charge in [-0.2, -0.15) is 5.10 Å². The van der Waals surface area contributed by atoms with Gasteiger partial charge in [0.05, 0.1) is 6.21 Å².